The molecule has 45 heavy (non-hydrogen) atoms. The highest BCUT2D eigenvalue weighted by Gasteiger charge is 2.38. The van der Waals surface area contributed by atoms with Crippen LogP contribution in [-0.4, -0.2) is 18.2 Å². The molecule has 1 saturated heterocycles. The molecule has 0 saturated carbocycles. The molecule has 1 rings (SSSR count). The van der Waals surface area contributed by atoms with E-state index in [9.17, 15) is 0 Å². The number of hydrogen-bond donors (Lipinski definition) is 1. The van der Waals surface area contributed by atoms with Crippen molar-refractivity contribution >= 4 is 0 Å². The van der Waals surface area contributed by atoms with Gasteiger partial charge in [-0.3, -0.25) is 0 Å². The third-order valence-electron chi connectivity index (χ3n) is 9.68. The summed E-state index contributed by atoms with van der Waals surface area (Å²) in [4.78, 5) is 0. The van der Waals surface area contributed by atoms with Gasteiger partial charge in [0.15, 0.2) is 0 Å². The predicted octanol–water partition coefficient (Wildman–Crippen LogP) is 14.2. The second-order valence-electron chi connectivity index (χ2n) is 13.9. The van der Waals surface area contributed by atoms with Crippen LogP contribution >= 0.6 is 0 Å². The minimum absolute atomic E-state index is 0.167. The molecule has 2 N–H and O–H groups in total. The molecule has 0 aliphatic carbocycles. The van der Waals surface area contributed by atoms with Crippen molar-refractivity contribution in [3.8, 4) is 11.8 Å². The molecular weight excluding hydrogens is 546 g/mol. The Labute approximate surface area is 285 Å². The van der Waals surface area contributed by atoms with E-state index in [4.69, 9.17) is 10.5 Å². The zero-order valence-electron chi connectivity index (χ0n) is 31.6. The number of ether oxygens (including phenoxy) is 1. The van der Waals surface area contributed by atoms with Crippen molar-refractivity contribution in [1.29, 1.82) is 0 Å². The number of nitrogens with two attached hydrogens (primary N) is 1. The second kappa shape index (κ2) is 36.1. The van der Waals surface area contributed by atoms with Crippen LogP contribution in [0.25, 0.3) is 0 Å². The van der Waals surface area contributed by atoms with E-state index in [0.717, 1.165) is 32.2 Å². The maximum absolute atomic E-state index is 6.81. The maximum atomic E-state index is 6.81. The van der Waals surface area contributed by atoms with Gasteiger partial charge in [0.25, 0.3) is 0 Å². The third-order valence-corrected chi connectivity index (χ3v) is 9.68. The molecule has 0 aromatic rings. The number of rotatable bonds is 31. The van der Waals surface area contributed by atoms with Crippen LogP contribution in [0, 0.1) is 11.8 Å². The molecule has 2 heteroatoms. The number of hydrogen-bond acceptors (Lipinski definition) is 2. The Balaban J connectivity index is 0.00000947. The lowest BCUT2D eigenvalue weighted by atomic mass is 9.87. The zero-order chi connectivity index (χ0) is 32.9. The lowest BCUT2D eigenvalue weighted by Gasteiger charge is -2.30. The predicted molar refractivity (Wildman–Crippen MR) is 204 cm³/mol. The fourth-order valence-corrected chi connectivity index (χ4v) is 6.82. The summed E-state index contributed by atoms with van der Waals surface area (Å²) in [6.45, 7) is 9.38. The maximum Gasteiger partial charge on any atom is 0.0687 e. The first kappa shape index (κ1) is 44.2. The molecule has 2 unspecified atom stereocenters. The van der Waals surface area contributed by atoms with Crippen LogP contribution < -0.4 is 5.73 Å². The lowest BCUT2D eigenvalue weighted by molar-refractivity contribution is -0.0574. The van der Waals surface area contributed by atoms with Gasteiger partial charge in [-0.25, -0.2) is 0 Å². The number of allylic oxidation sites excluding steroid dienone is 2. The van der Waals surface area contributed by atoms with Crippen LogP contribution in [0.5, 0.6) is 0 Å². The molecule has 1 aliphatic rings. The Bertz CT molecular complexity index is 660. The first-order chi connectivity index (χ1) is 22.3. The van der Waals surface area contributed by atoms with E-state index < -0.39 is 0 Å². The van der Waals surface area contributed by atoms with Gasteiger partial charge in [0.1, 0.15) is 0 Å². The molecule has 0 spiro atoms. The Morgan fingerprint density at radius 2 is 1.00 bits per heavy atom. The molecule has 2 nitrogen and oxygen atoms in total. The summed E-state index contributed by atoms with van der Waals surface area (Å²) < 4.78 is 6.81. The first-order valence-electron chi connectivity index (χ1n) is 20.7. The highest BCUT2D eigenvalue weighted by molar-refractivity contribution is 4.98. The second-order valence-corrected chi connectivity index (χ2v) is 13.9. The summed E-state index contributed by atoms with van der Waals surface area (Å²) in [6.07, 6.45) is 47.6. The fraction of sp³-hybridized carbons (Fsp3) is 0.907. The van der Waals surface area contributed by atoms with Gasteiger partial charge in [0, 0.05) is 12.8 Å². The average Bonchev–Trinajstić information content (AvgIpc) is 3.47. The summed E-state index contributed by atoms with van der Waals surface area (Å²) in [5.41, 5.74) is 5.97. The van der Waals surface area contributed by atoms with Crippen molar-refractivity contribution in [2.75, 3.05) is 6.54 Å². The SMILES string of the molecule is CC.CCCCCCCCC#CCCCCCCCC1(CCCCCCC/C=C\CCCCCCCC)CCC(CCCN)O1. The molecule has 2 atom stereocenters. The fourth-order valence-electron chi connectivity index (χ4n) is 6.82. The minimum atomic E-state index is 0.167. The van der Waals surface area contributed by atoms with Crippen LogP contribution in [0.15, 0.2) is 12.2 Å². The number of unbranched alkanes of at least 4 members (excludes halogenated alkanes) is 22. The van der Waals surface area contributed by atoms with Gasteiger partial charge >= 0.3 is 0 Å². The Morgan fingerprint density at radius 3 is 1.47 bits per heavy atom. The van der Waals surface area contributed by atoms with Gasteiger partial charge in [0.05, 0.1) is 11.7 Å². The largest absolute Gasteiger partial charge is 0.372 e. The monoisotopic (exact) mass is 630 g/mol. The molecule has 0 aromatic carbocycles. The van der Waals surface area contributed by atoms with Gasteiger partial charge in [-0.1, -0.05) is 155 Å². The summed E-state index contributed by atoms with van der Waals surface area (Å²) in [5, 5.41) is 0. The van der Waals surface area contributed by atoms with Crippen molar-refractivity contribution in [3.05, 3.63) is 12.2 Å². The quantitative estimate of drug-likeness (QED) is 0.0470. The topological polar surface area (TPSA) is 35.2 Å². The van der Waals surface area contributed by atoms with Crippen molar-refractivity contribution in [3.63, 3.8) is 0 Å². The van der Waals surface area contributed by atoms with Crippen LogP contribution in [0.2, 0.25) is 0 Å². The molecule has 0 aromatic heterocycles. The van der Waals surface area contributed by atoms with E-state index in [0.29, 0.717) is 6.10 Å². The highest BCUT2D eigenvalue weighted by atomic mass is 16.5. The molecule has 1 aliphatic heterocycles. The van der Waals surface area contributed by atoms with Crippen LogP contribution in [-0.2, 0) is 4.74 Å². The summed E-state index contributed by atoms with van der Waals surface area (Å²) in [7, 11) is 0. The Morgan fingerprint density at radius 1 is 0.578 bits per heavy atom. The van der Waals surface area contributed by atoms with E-state index in [1.165, 1.54) is 180 Å². The van der Waals surface area contributed by atoms with E-state index in [-0.39, 0.29) is 5.60 Å². The van der Waals surface area contributed by atoms with E-state index in [1.807, 2.05) is 13.8 Å². The molecule has 266 valence electrons. The standard InChI is InChI=1S/C41H77NO.C2H6/c1-3-5-7-9-11-13-15-17-19-21-23-25-27-29-31-36-41(38-35-40(43-41)34-33-39-42)37-32-30-28-26-24-22-20-18-16-14-12-10-8-6-4-2;1-2/h17,19,40H,3-16,21-39,42H2,1-2H3;1-2H3/b19-17-;. The van der Waals surface area contributed by atoms with Gasteiger partial charge in [0.2, 0.25) is 0 Å². The molecule has 1 fully saturated rings. The molecule has 0 radical (unpaired) electrons. The smallest absolute Gasteiger partial charge is 0.0687 e. The van der Waals surface area contributed by atoms with Gasteiger partial charge in [-0.2, -0.15) is 0 Å². The van der Waals surface area contributed by atoms with Crippen molar-refractivity contribution in [1.82, 2.24) is 0 Å². The van der Waals surface area contributed by atoms with Gasteiger partial charge in [-0.15, -0.1) is 11.8 Å². The summed E-state index contributed by atoms with van der Waals surface area (Å²) >= 11 is 0. The van der Waals surface area contributed by atoms with Crippen molar-refractivity contribution in [2.45, 2.75) is 245 Å². The molecule has 0 amide bonds. The first-order valence-corrected chi connectivity index (χ1v) is 20.7. The lowest BCUT2D eigenvalue weighted by Crippen LogP contribution is -2.29. The van der Waals surface area contributed by atoms with Crippen molar-refractivity contribution in [2.24, 2.45) is 5.73 Å². The minimum Gasteiger partial charge on any atom is -0.372 e. The van der Waals surface area contributed by atoms with Crippen LogP contribution in [0.3, 0.4) is 0 Å². The normalized spacial score (nSPS) is 17.8. The van der Waals surface area contributed by atoms with Gasteiger partial charge < -0.3 is 10.5 Å². The van der Waals surface area contributed by atoms with E-state index in [2.05, 4.69) is 37.8 Å². The van der Waals surface area contributed by atoms with Crippen molar-refractivity contribution < 1.29 is 4.74 Å². The molecule has 1 heterocycles. The molecule has 0 bridgehead atoms. The summed E-state index contributed by atoms with van der Waals surface area (Å²) in [6, 6.07) is 0. The van der Waals surface area contributed by atoms with Crippen LogP contribution in [0.1, 0.15) is 233 Å². The molecular formula is C43H83NO. The zero-order valence-corrected chi connectivity index (χ0v) is 31.6. The highest BCUT2D eigenvalue weighted by Crippen LogP contribution is 2.40. The van der Waals surface area contributed by atoms with E-state index in [1.54, 1.807) is 0 Å². The van der Waals surface area contributed by atoms with E-state index >= 15 is 0 Å². The third kappa shape index (κ3) is 29.1. The Hall–Kier alpha value is -0.780. The van der Waals surface area contributed by atoms with Crippen LogP contribution in [0.4, 0.5) is 0 Å². The van der Waals surface area contributed by atoms with Gasteiger partial charge in [-0.05, 0) is 83.6 Å². The summed E-state index contributed by atoms with van der Waals surface area (Å²) in [5.74, 6) is 6.85. The average molecular weight is 630 g/mol. The Kier molecular flexibility index (Phi) is 35.4.